The molecule has 0 radical (unpaired) electrons. The molecule has 43 heavy (non-hydrogen) atoms. The number of nitrogens with one attached hydrogen (secondary N) is 1. The number of alkyl halides is 3. The molecule has 226 valence electrons. The van der Waals surface area contributed by atoms with E-state index in [1.165, 1.54) is 4.52 Å². The first-order valence-electron chi connectivity index (χ1n) is 14.0. The van der Waals surface area contributed by atoms with Crippen molar-refractivity contribution in [3.05, 3.63) is 68.6 Å². The Bertz CT molecular complexity index is 1780. The Morgan fingerprint density at radius 2 is 1.95 bits per heavy atom. The number of rotatable bonds is 6. The number of ether oxygens (including phenoxy) is 1. The number of nitrogens with zero attached hydrogens (tertiary/aromatic N) is 5. The van der Waals surface area contributed by atoms with Crippen LogP contribution >= 0.6 is 11.6 Å². The minimum Gasteiger partial charge on any atom is -0.493 e. The molecule has 0 saturated carbocycles. The van der Waals surface area contributed by atoms with Crippen LogP contribution in [0.3, 0.4) is 0 Å². The zero-order valence-corrected chi connectivity index (χ0v) is 24.0. The molecule has 0 spiro atoms. The first kappa shape index (κ1) is 29.0. The summed E-state index contributed by atoms with van der Waals surface area (Å²) < 4.78 is 47.8. The van der Waals surface area contributed by atoms with Gasteiger partial charge in [-0.3, -0.25) is 9.59 Å². The van der Waals surface area contributed by atoms with E-state index < -0.39 is 17.6 Å². The highest BCUT2D eigenvalue weighted by atomic mass is 35.5. The van der Waals surface area contributed by atoms with E-state index in [9.17, 15) is 22.8 Å². The van der Waals surface area contributed by atoms with Crippen LogP contribution in [0.15, 0.2) is 41.2 Å². The number of aromatic nitrogens is 4. The number of halogens is 4. The van der Waals surface area contributed by atoms with Gasteiger partial charge >= 0.3 is 6.18 Å². The summed E-state index contributed by atoms with van der Waals surface area (Å²) in [6.45, 7) is 3.30. The van der Waals surface area contributed by atoms with Crippen LogP contribution in [-0.2, 0) is 30.4 Å². The summed E-state index contributed by atoms with van der Waals surface area (Å²) in [6.07, 6.45) is -2.02. The number of amides is 1. The van der Waals surface area contributed by atoms with Crippen molar-refractivity contribution in [2.45, 2.75) is 51.4 Å². The number of carbonyl (C=O) groups is 1. The van der Waals surface area contributed by atoms with E-state index in [2.05, 4.69) is 10.4 Å². The quantitative estimate of drug-likeness (QED) is 0.332. The van der Waals surface area contributed by atoms with Gasteiger partial charge in [0.1, 0.15) is 18.0 Å². The van der Waals surface area contributed by atoms with E-state index in [0.717, 1.165) is 35.9 Å². The summed E-state index contributed by atoms with van der Waals surface area (Å²) in [5.41, 5.74) is 7.59. The van der Waals surface area contributed by atoms with Crippen LogP contribution in [-0.4, -0.2) is 50.8 Å². The van der Waals surface area contributed by atoms with Crippen molar-refractivity contribution in [2.75, 3.05) is 29.9 Å². The molecule has 0 atom stereocenters. The summed E-state index contributed by atoms with van der Waals surface area (Å²) in [5.74, 6) is 0.712. The van der Waals surface area contributed by atoms with Gasteiger partial charge in [-0.1, -0.05) is 18.5 Å². The fraction of sp³-hybridized carbons (Fsp3) is 0.379. The average molecular weight is 616 g/mol. The minimum atomic E-state index is -4.57. The molecule has 4 aromatic rings. The second-order valence-electron chi connectivity index (χ2n) is 10.7. The molecule has 2 aliphatic heterocycles. The molecule has 3 N–H and O–H groups in total. The number of hydrogen-bond acceptors (Lipinski definition) is 7. The second-order valence-corrected chi connectivity index (χ2v) is 11.1. The van der Waals surface area contributed by atoms with Crippen LogP contribution in [0.4, 0.5) is 24.5 Å². The Balaban J connectivity index is 1.43. The summed E-state index contributed by atoms with van der Waals surface area (Å²) in [4.78, 5) is 34.0. The standard InChI is InChI=1S/C29H29ClF3N7O3/c1-2-22-25(38-10-7-19(34)8-11-38)27(42)40-28(36-26(37-40)17-3-6-23-16(13-17)9-12-43-23)39(22)15-24(41)35-21-5-4-18(14-20(21)30)29(31,32)33/h3-6,13-14,19H,2,7-12,15,34H2,1H3,(H,35,41). The van der Waals surface area contributed by atoms with E-state index in [1.54, 1.807) is 4.57 Å². The van der Waals surface area contributed by atoms with Gasteiger partial charge in [0.15, 0.2) is 5.82 Å². The maximum Gasteiger partial charge on any atom is 0.416 e. The largest absolute Gasteiger partial charge is 0.493 e. The SMILES string of the molecule is CCc1c(N2CCC(N)CC2)c(=O)n2nc(-c3ccc4c(c3)CCO4)nc2n1CC(=O)Nc1ccc(C(F)(F)F)cc1Cl. The van der Waals surface area contributed by atoms with Gasteiger partial charge in [0.2, 0.25) is 11.7 Å². The van der Waals surface area contributed by atoms with Gasteiger partial charge < -0.3 is 25.3 Å². The smallest absolute Gasteiger partial charge is 0.416 e. The van der Waals surface area contributed by atoms with E-state index in [1.807, 2.05) is 30.0 Å². The molecule has 4 heterocycles. The predicted octanol–water partition coefficient (Wildman–Crippen LogP) is 4.29. The van der Waals surface area contributed by atoms with Crippen molar-refractivity contribution in [1.82, 2.24) is 19.2 Å². The van der Waals surface area contributed by atoms with Gasteiger partial charge in [-0.15, -0.1) is 5.10 Å². The summed E-state index contributed by atoms with van der Waals surface area (Å²) in [6, 6.07) is 8.35. The molecule has 2 aliphatic rings. The van der Waals surface area contributed by atoms with Crippen molar-refractivity contribution in [2.24, 2.45) is 5.73 Å². The number of hydrogen-bond donors (Lipinski definition) is 2. The molecule has 10 nitrogen and oxygen atoms in total. The summed E-state index contributed by atoms with van der Waals surface area (Å²) in [7, 11) is 0. The van der Waals surface area contributed by atoms with Crippen LogP contribution < -0.4 is 26.2 Å². The third kappa shape index (κ3) is 5.54. The molecule has 0 aliphatic carbocycles. The predicted molar refractivity (Wildman–Crippen MR) is 156 cm³/mol. The highest BCUT2D eigenvalue weighted by molar-refractivity contribution is 6.33. The highest BCUT2D eigenvalue weighted by Gasteiger charge is 2.31. The van der Waals surface area contributed by atoms with Gasteiger partial charge in [-0.25, -0.2) is 0 Å². The van der Waals surface area contributed by atoms with Crippen molar-refractivity contribution in [1.29, 1.82) is 0 Å². The fourth-order valence-corrected chi connectivity index (χ4v) is 5.85. The molecule has 14 heteroatoms. The monoisotopic (exact) mass is 615 g/mol. The Labute approximate surface area is 249 Å². The van der Waals surface area contributed by atoms with Gasteiger partial charge in [0, 0.05) is 31.1 Å². The third-order valence-electron chi connectivity index (χ3n) is 7.84. The molecule has 6 rings (SSSR count). The fourth-order valence-electron chi connectivity index (χ4n) is 5.63. The first-order chi connectivity index (χ1) is 20.5. The van der Waals surface area contributed by atoms with E-state index >= 15 is 0 Å². The molecule has 0 bridgehead atoms. The Morgan fingerprint density at radius 1 is 1.19 bits per heavy atom. The van der Waals surface area contributed by atoms with Crippen LogP contribution in [0.25, 0.3) is 17.2 Å². The lowest BCUT2D eigenvalue weighted by molar-refractivity contribution is -0.137. The second kappa shape index (κ2) is 11.2. The molecule has 0 unspecified atom stereocenters. The van der Waals surface area contributed by atoms with Crippen molar-refractivity contribution < 1.29 is 22.7 Å². The number of benzene rings is 2. The van der Waals surface area contributed by atoms with Gasteiger partial charge in [0.05, 0.1) is 28.6 Å². The minimum absolute atomic E-state index is 0.0301. The normalized spacial score (nSPS) is 15.5. The zero-order valence-electron chi connectivity index (χ0n) is 23.2. The lowest BCUT2D eigenvalue weighted by Crippen LogP contribution is -2.43. The van der Waals surface area contributed by atoms with Gasteiger partial charge in [-0.05, 0) is 61.2 Å². The molecular weight excluding hydrogens is 587 g/mol. The van der Waals surface area contributed by atoms with Crippen molar-refractivity contribution >= 4 is 34.7 Å². The topological polar surface area (TPSA) is 120 Å². The molecule has 1 amide bonds. The van der Waals surface area contributed by atoms with Crippen LogP contribution in [0.1, 0.15) is 36.6 Å². The Kier molecular flexibility index (Phi) is 7.55. The van der Waals surface area contributed by atoms with E-state index in [4.69, 9.17) is 27.1 Å². The lowest BCUT2D eigenvalue weighted by atomic mass is 10.0. The number of fused-ring (bicyclic) bond motifs is 2. The van der Waals surface area contributed by atoms with Crippen LogP contribution in [0.2, 0.25) is 5.02 Å². The van der Waals surface area contributed by atoms with E-state index in [-0.39, 0.29) is 34.6 Å². The zero-order chi connectivity index (χ0) is 30.5. The highest BCUT2D eigenvalue weighted by Crippen LogP contribution is 2.34. The number of carbonyl (C=O) groups excluding carboxylic acids is 1. The van der Waals surface area contributed by atoms with Crippen LogP contribution in [0.5, 0.6) is 5.75 Å². The molecule has 2 aromatic heterocycles. The molecular formula is C29H29ClF3N7O3. The Hall–Kier alpha value is -4.10. The molecule has 1 saturated heterocycles. The van der Waals surface area contributed by atoms with Crippen molar-refractivity contribution in [3.8, 4) is 17.1 Å². The number of anilines is 2. The molecule has 1 fully saturated rings. The first-order valence-corrected chi connectivity index (χ1v) is 14.4. The number of piperidine rings is 1. The lowest BCUT2D eigenvalue weighted by Gasteiger charge is -2.33. The maximum atomic E-state index is 14.0. The average Bonchev–Trinajstić information content (AvgIpc) is 3.63. The summed E-state index contributed by atoms with van der Waals surface area (Å²) >= 11 is 6.09. The number of nitrogens with two attached hydrogens (primary N) is 1. The maximum absolute atomic E-state index is 14.0. The van der Waals surface area contributed by atoms with Crippen molar-refractivity contribution in [3.63, 3.8) is 0 Å². The van der Waals surface area contributed by atoms with Crippen LogP contribution in [0, 0.1) is 0 Å². The molecule has 2 aromatic carbocycles. The Morgan fingerprint density at radius 3 is 2.65 bits per heavy atom. The third-order valence-corrected chi connectivity index (χ3v) is 8.15. The van der Waals surface area contributed by atoms with Gasteiger partial charge in [-0.2, -0.15) is 22.7 Å². The van der Waals surface area contributed by atoms with Gasteiger partial charge in [0.25, 0.3) is 5.56 Å². The summed E-state index contributed by atoms with van der Waals surface area (Å²) in [5, 5.41) is 6.92. The van der Waals surface area contributed by atoms with E-state index in [0.29, 0.717) is 61.7 Å².